The van der Waals surface area contributed by atoms with Crippen LogP contribution in [0.3, 0.4) is 0 Å². The van der Waals surface area contributed by atoms with Gasteiger partial charge in [-0.25, -0.2) is 4.79 Å². The summed E-state index contributed by atoms with van der Waals surface area (Å²) in [5.74, 6) is -1.35. The normalized spacial score (nSPS) is 32.7. The van der Waals surface area contributed by atoms with E-state index in [2.05, 4.69) is 5.32 Å². The van der Waals surface area contributed by atoms with Gasteiger partial charge in [-0.15, -0.1) is 0 Å². The fraction of sp³-hybridized carbons (Fsp3) is 0.640. The van der Waals surface area contributed by atoms with E-state index in [1.165, 1.54) is 42.0 Å². The van der Waals surface area contributed by atoms with Gasteiger partial charge in [0.1, 0.15) is 26.0 Å². The largest absolute Gasteiger partial charge is 0.446 e. The molecule has 4 fully saturated rings. The minimum Gasteiger partial charge on any atom is -0.446 e. The van der Waals surface area contributed by atoms with Gasteiger partial charge >= 0.3 is 6.09 Å². The first-order valence-corrected chi connectivity index (χ1v) is 13.9. The van der Waals surface area contributed by atoms with Gasteiger partial charge in [-0.2, -0.15) is 8.42 Å². The quantitative estimate of drug-likeness (QED) is 0.391. The molecular formula is C25H32BN3O7S. The van der Waals surface area contributed by atoms with Gasteiger partial charge in [0.05, 0.1) is 11.0 Å². The summed E-state index contributed by atoms with van der Waals surface area (Å²) in [5, 5.41) is 2.69. The van der Waals surface area contributed by atoms with Crippen molar-refractivity contribution in [2.45, 2.75) is 82.1 Å². The van der Waals surface area contributed by atoms with E-state index in [9.17, 15) is 22.8 Å². The van der Waals surface area contributed by atoms with E-state index < -0.39 is 51.6 Å². The van der Waals surface area contributed by atoms with Crippen LogP contribution < -0.4 is 16.5 Å². The third-order valence-corrected chi connectivity index (χ3v) is 9.80. The highest BCUT2D eigenvalue weighted by atomic mass is 32.2. The molecule has 0 unspecified atom stereocenters. The molecule has 0 spiro atoms. The number of amides is 3. The summed E-state index contributed by atoms with van der Waals surface area (Å²) in [6.07, 6.45) is 2.27. The molecule has 3 amide bonds. The van der Waals surface area contributed by atoms with Crippen LogP contribution in [0.5, 0.6) is 0 Å². The van der Waals surface area contributed by atoms with E-state index in [1.54, 1.807) is 20.8 Å². The van der Waals surface area contributed by atoms with Crippen LogP contribution in [0.4, 0.5) is 4.79 Å². The number of hydrogen-bond acceptors (Lipinski definition) is 7. The number of carbonyl (C=O) groups is 3. The second kappa shape index (κ2) is 8.46. The number of ether oxygens (including phenoxy) is 1. The summed E-state index contributed by atoms with van der Waals surface area (Å²) >= 11 is 0. The lowest BCUT2D eigenvalue weighted by Gasteiger charge is -2.35. The molecule has 3 N–H and O–H groups in total. The van der Waals surface area contributed by atoms with Crippen LogP contribution in [-0.4, -0.2) is 69.9 Å². The Kier molecular flexibility index (Phi) is 5.95. The number of nitrogens with one attached hydrogen (secondary N) is 1. The molecule has 5 rings (SSSR count). The number of likely N-dealkylation sites (tertiary alicyclic amines) is 1. The summed E-state index contributed by atoms with van der Waals surface area (Å²) in [4.78, 5) is 39.7. The van der Waals surface area contributed by atoms with E-state index in [-0.39, 0.29) is 24.0 Å². The molecule has 1 aliphatic heterocycles. The smallest absolute Gasteiger partial charge is 0.408 e. The van der Waals surface area contributed by atoms with Gasteiger partial charge in [-0.3, -0.25) is 13.8 Å². The number of carbonyl (C=O) groups excluding carboxylic acids is 3. The third kappa shape index (κ3) is 4.74. The van der Waals surface area contributed by atoms with E-state index >= 15 is 0 Å². The third-order valence-electron chi connectivity index (χ3n) is 8.42. The van der Waals surface area contributed by atoms with Crippen LogP contribution >= 0.6 is 0 Å². The summed E-state index contributed by atoms with van der Waals surface area (Å²) in [5.41, 5.74) is 6.01. The second-order valence-corrected chi connectivity index (χ2v) is 13.8. The fourth-order valence-electron chi connectivity index (χ4n) is 6.27. The average molecular weight is 529 g/mol. The Morgan fingerprint density at radius 2 is 1.70 bits per heavy atom. The Morgan fingerprint density at radius 3 is 2.24 bits per heavy atom. The predicted octanol–water partition coefficient (Wildman–Crippen LogP) is 0.724. The van der Waals surface area contributed by atoms with Crippen LogP contribution in [0.1, 0.15) is 52.9 Å². The number of alkyl carbamates (subject to hydrolysis) is 1. The molecule has 1 aromatic carbocycles. The second-order valence-electron chi connectivity index (χ2n) is 12.2. The van der Waals surface area contributed by atoms with E-state index in [0.29, 0.717) is 16.3 Å². The van der Waals surface area contributed by atoms with Crippen LogP contribution in [0.25, 0.3) is 0 Å². The molecule has 3 aliphatic carbocycles. The van der Waals surface area contributed by atoms with E-state index in [4.69, 9.17) is 22.5 Å². The topological polar surface area (TPSA) is 145 Å². The zero-order valence-corrected chi connectivity index (χ0v) is 22.0. The fourth-order valence-corrected chi connectivity index (χ4v) is 7.35. The van der Waals surface area contributed by atoms with Gasteiger partial charge in [0, 0.05) is 13.0 Å². The molecule has 3 saturated carbocycles. The molecule has 4 aliphatic rings. The van der Waals surface area contributed by atoms with Crippen molar-refractivity contribution in [1.29, 1.82) is 0 Å². The first-order chi connectivity index (χ1) is 17.1. The number of benzene rings is 1. The molecule has 2 radical (unpaired) electrons. The van der Waals surface area contributed by atoms with Crippen molar-refractivity contribution < 1.29 is 31.7 Å². The van der Waals surface area contributed by atoms with Crippen LogP contribution in [0.2, 0.25) is 0 Å². The molecule has 1 heterocycles. The molecule has 0 aromatic heterocycles. The molecular weight excluding hydrogens is 497 g/mol. The van der Waals surface area contributed by atoms with Crippen molar-refractivity contribution >= 4 is 41.3 Å². The Balaban J connectivity index is 1.26. The van der Waals surface area contributed by atoms with Crippen molar-refractivity contribution in [2.24, 2.45) is 22.0 Å². The van der Waals surface area contributed by atoms with Crippen LogP contribution in [0.15, 0.2) is 29.2 Å². The summed E-state index contributed by atoms with van der Waals surface area (Å²) in [6, 6.07) is 3.38. The van der Waals surface area contributed by atoms with Crippen LogP contribution in [0, 0.1) is 16.2 Å². The number of nitrogens with two attached hydrogens (primary N) is 1. The molecule has 37 heavy (non-hydrogen) atoms. The SMILES string of the molecule is [B]c1ccc(S(=O)(=O)O[C@H]2C[C@@H](C(N)=O)N(C(=O)[C@@H](NC(=O)OC3CC45CC4(C3)C5)C(C)(C)C)C2)cc1. The van der Waals surface area contributed by atoms with Gasteiger partial charge in [0.15, 0.2) is 0 Å². The molecule has 0 bridgehead atoms. The van der Waals surface area contributed by atoms with Crippen LogP contribution in [-0.2, 0) is 28.6 Å². The maximum absolute atomic E-state index is 13.6. The van der Waals surface area contributed by atoms with Gasteiger partial charge in [-0.05, 0) is 54.1 Å². The lowest BCUT2D eigenvalue weighted by Crippen LogP contribution is -2.57. The maximum Gasteiger partial charge on any atom is 0.408 e. The zero-order valence-electron chi connectivity index (χ0n) is 21.2. The lowest BCUT2D eigenvalue weighted by atomic mass is 9.85. The average Bonchev–Trinajstić information content (AvgIpc) is 3.36. The van der Waals surface area contributed by atoms with Crippen molar-refractivity contribution in [1.82, 2.24) is 10.2 Å². The summed E-state index contributed by atoms with van der Waals surface area (Å²) in [6.45, 7) is 5.16. The van der Waals surface area contributed by atoms with Gasteiger partial charge in [0.25, 0.3) is 10.1 Å². The highest BCUT2D eigenvalue weighted by Gasteiger charge is 2.86. The predicted molar refractivity (Wildman–Crippen MR) is 133 cm³/mol. The first-order valence-electron chi connectivity index (χ1n) is 12.5. The minimum atomic E-state index is -4.18. The molecule has 198 valence electrons. The summed E-state index contributed by atoms with van der Waals surface area (Å²) < 4.78 is 36.5. The maximum atomic E-state index is 13.6. The van der Waals surface area contributed by atoms with Crippen molar-refractivity contribution in [2.75, 3.05) is 6.54 Å². The Labute approximate surface area is 218 Å². The number of hydrogen-bond donors (Lipinski definition) is 2. The number of rotatable bonds is 7. The first kappa shape index (κ1) is 26.0. The Morgan fingerprint density at radius 1 is 1.11 bits per heavy atom. The monoisotopic (exact) mass is 529 g/mol. The van der Waals surface area contributed by atoms with Gasteiger partial charge < -0.3 is 20.7 Å². The lowest BCUT2D eigenvalue weighted by molar-refractivity contribution is -0.141. The van der Waals surface area contributed by atoms with Crippen molar-refractivity contribution in [3.63, 3.8) is 0 Å². The van der Waals surface area contributed by atoms with Gasteiger partial charge in [0.2, 0.25) is 11.8 Å². The van der Waals surface area contributed by atoms with Crippen molar-refractivity contribution in [3.05, 3.63) is 24.3 Å². The standard InChI is InChI=1S/C25H32BN3O7S/c1-23(2,3)19(28-22(32)35-16-9-24-12-25(24,10-16)13-24)21(31)29-11-15(8-18(29)20(27)30)36-37(33,34)17-6-4-14(26)5-7-17/h4-7,15-16,18-19H,8-13H2,1-3H3,(H2,27,30)(H,28,32)/t15-,16?,18-,19+,24?,25?/m0/s1. The van der Waals surface area contributed by atoms with E-state index in [0.717, 1.165) is 12.8 Å². The number of nitrogens with zero attached hydrogens (tertiary/aromatic N) is 1. The number of primary amides is 1. The molecule has 12 heteroatoms. The Hall–Kier alpha value is -2.60. The zero-order chi connectivity index (χ0) is 27.0. The van der Waals surface area contributed by atoms with E-state index in [1.807, 2.05) is 0 Å². The molecule has 1 aromatic rings. The molecule has 1 saturated heterocycles. The molecule has 10 nitrogen and oxygen atoms in total. The Bertz CT molecular complexity index is 1220. The van der Waals surface area contributed by atoms with Crippen molar-refractivity contribution in [3.8, 4) is 0 Å². The summed E-state index contributed by atoms with van der Waals surface area (Å²) in [7, 11) is 1.45. The molecule has 3 atom stereocenters. The van der Waals surface area contributed by atoms with Gasteiger partial charge in [-0.1, -0.05) is 38.4 Å². The highest BCUT2D eigenvalue weighted by Crippen LogP contribution is 2.93. The highest BCUT2D eigenvalue weighted by molar-refractivity contribution is 7.86. The minimum absolute atomic E-state index is 0.0944.